The Morgan fingerprint density at radius 2 is 2.22 bits per heavy atom. The van der Waals surface area contributed by atoms with E-state index in [-0.39, 0.29) is 17.8 Å². The van der Waals surface area contributed by atoms with Crippen molar-refractivity contribution in [2.75, 3.05) is 5.32 Å². The zero-order valence-corrected chi connectivity index (χ0v) is 17.5. The highest BCUT2D eigenvalue weighted by atomic mass is 35.5. The molecule has 1 amide bonds. The molecule has 11 heteroatoms. The van der Waals surface area contributed by atoms with Gasteiger partial charge in [0.25, 0.3) is 0 Å². The van der Waals surface area contributed by atoms with Crippen molar-refractivity contribution >= 4 is 57.3 Å². The monoisotopic (exact) mass is 443 g/mol. The van der Waals surface area contributed by atoms with Crippen molar-refractivity contribution in [1.29, 1.82) is 0 Å². The number of ether oxygens (including phenoxy) is 1. The molecule has 27 heavy (non-hydrogen) atoms. The Hall–Kier alpha value is -1.81. The quantitative estimate of drug-likeness (QED) is 0.548. The van der Waals surface area contributed by atoms with E-state index in [0.717, 1.165) is 0 Å². The first-order valence-corrected chi connectivity index (χ1v) is 10.3. The van der Waals surface area contributed by atoms with Gasteiger partial charge in [-0.3, -0.25) is 4.79 Å². The van der Waals surface area contributed by atoms with Crippen LogP contribution in [0.15, 0.2) is 34.9 Å². The molecule has 0 bridgehead atoms. The lowest BCUT2D eigenvalue weighted by Crippen LogP contribution is -2.22. The maximum atomic E-state index is 12.2. The van der Waals surface area contributed by atoms with Crippen molar-refractivity contribution in [2.45, 2.75) is 23.9 Å². The summed E-state index contributed by atoms with van der Waals surface area (Å²) in [5.41, 5.74) is 0. The predicted octanol–water partition coefficient (Wildman–Crippen LogP) is 4.28. The summed E-state index contributed by atoms with van der Waals surface area (Å²) in [4.78, 5) is 16.3. The molecule has 3 aromatic rings. The molecule has 2 heterocycles. The number of aromatic nitrogens is 4. The van der Waals surface area contributed by atoms with Crippen LogP contribution in [0.4, 0.5) is 5.13 Å². The molecule has 0 radical (unpaired) electrons. The number of nitrogens with one attached hydrogen (secondary N) is 1. The second-order valence-electron chi connectivity index (χ2n) is 5.41. The van der Waals surface area contributed by atoms with Crippen LogP contribution >= 0.6 is 46.3 Å². The smallest absolute Gasteiger partial charge is 0.239 e. The van der Waals surface area contributed by atoms with E-state index in [0.29, 0.717) is 31.9 Å². The first-order valence-electron chi connectivity index (χ1n) is 7.77. The van der Waals surface area contributed by atoms with Crippen LogP contribution in [0.5, 0.6) is 5.75 Å². The summed E-state index contributed by atoms with van der Waals surface area (Å²) in [5, 5.41) is 14.6. The summed E-state index contributed by atoms with van der Waals surface area (Å²) >= 11 is 14.6. The van der Waals surface area contributed by atoms with E-state index in [4.69, 9.17) is 27.9 Å². The van der Waals surface area contributed by atoms with Crippen LogP contribution in [0.2, 0.25) is 10.0 Å². The lowest BCUT2D eigenvalue weighted by molar-refractivity contribution is -0.115. The minimum atomic E-state index is -0.365. The van der Waals surface area contributed by atoms with Crippen molar-refractivity contribution in [2.24, 2.45) is 7.05 Å². The molecule has 1 atom stereocenters. The maximum absolute atomic E-state index is 12.2. The average Bonchev–Trinajstić information content (AvgIpc) is 3.25. The van der Waals surface area contributed by atoms with Gasteiger partial charge in [0.05, 0.1) is 10.3 Å². The van der Waals surface area contributed by atoms with Crippen LogP contribution in [0.25, 0.3) is 0 Å². The van der Waals surface area contributed by atoms with Gasteiger partial charge < -0.3 is 14.6 Å². The largest absolute Gasteiger partial charge is 0.484 e. The van der Waals surface area contributed by atoms with Gasteiger partial charge in [-0.1, -0.05) is 35.0 Å². The molecule has 142 valence electrons. The van der Waals surface area contributed by atoms with Gasteiger partial charge in [-0.2, -0.15) is 0 Å². The molecule has 1 N–H and O–H groups in total. The van der Waals surface area contributed by atoms with Crippen molar-refractivity contribution in [3.05, 3.63) is 45.6 Å². The molecule has 0 aliphatic heterocycles. The Balaban J connectivity index is 1.60. The molecular formula is C16H15Cl2N5O2S2. The highest BCUT2D eigenvalue weighted by molar-refractivity contribution is 8.00. The second-order valence-corrected chi connectivity index (χ2v) is 8.45. The van der Waals surface area contributed by atoms with Gasteiger partial charge in [0.1, 0.15) is 12.4 Å². The summed E-state index contributed by atoms with van der Waals surface area (Å²) in [6.07, 6.45) is 1.64. The number of hydrogen-bond donors (Lipinski definition) is 1. The van der Waals surface area contributed by atoms with Gasteiger partial charge in [-0.15, -0.1) is 21.5 Å². The number of rotatable bonds is 7. The summed E-state index contributed by atoms with van der Waals surface area (Å²) in [7, 11) is 1.82. The Kier molecular flexibility index (Phi) is 6.59. The predicted molar refractivity (Wildman–Crippen MR) is 108 cm³/mol. The van der Waals surface area contributed by atoms with Crippen molar-refractivity contribution < 1.29 is 9.53 Å². The third-order valence-corrected chi connectivity index (χ3v) is 5.84. The Morgan fingerprint density at radius 1 is 1.41 bits per heavy atom. The van der Waals surface area contributed by atoms with Crippen molar-refractivity contribution in [1.82, 2.24) is 19.7 Å². The SMILES string of the molecule is C[C@@H](Sc1nnc(COc2ccc(Cl)cc2Cl)n1C)C(=O)Nc1nccs1. The first kappa shape index (κ1) is 19.9. The molecule has 2 aromatic heterocycles. The number of anilines is 1. The first-order chi connectivity index (χ1) is 12.9. The normalized spacial score (nSPS) is 12.0. The number of carbonyl (C=O) groups is 1. The molecule has 0 saturated carbocycles. The van der Waals surface area contributed by atoms with E-state index in [1.807, 2.05) is 7.05 Å². The number of nitrogens with zero attached hydrogens (tertiary/aromatic N) is 4. The summed E-state index contributed by atoms with van der Waals surface area (Å²) in [6, 6.07) is 5.00. The summed E-state index contributed by atoms with van der Waals surface area (Å²) < 4.78 is 7.46. The highest BCUT2D eigenvalue weighted by Gasteiger charge is 2.20. The third kappa shape index (κ3) is 5.13. The van der Waals surface area contributed by atoms with Crippen LogP contribution in [0.3, 0.4) is 0 Å². The van der Waals surface area contributed by atoms with Gasteiger partial charge in [-0.25, -0.2) is 4.98 Å². The topological polar surface area (TPSA) is 81.9 Å². The molecule has 0 aliphatic rings. The van der Waals surface area contributed by atoms with E-state index in [9.17, 15) is 4.79 Å². The summed E-state index contributed by atoms with van der Waals surface area (Å²) in [6.45, 7) is 1.98. The van der Waals surface area contributed by atoms with Crippen molar-refractivity contribution in [3.63, 3.8) is 0 Å². The van der Waals surface area contributed by atoms with E-state index >= 15 is 0 Å². The number of benzene rings is 1. The molecule has 0 unspecified atom stereocenters. The van der Waals surface area contributed by atoms with Crippen LogP contribution < -0.4 is 10.1 Å². The minimum Gasteiger partial charge on any atom is -0.484 e. The minimum absolute atomic E-state index is 0.149. The zero-order valence-electron chi connectivity index (χ0n) is 14.3. The third-order valence-electron chi connectivity index (χ3n) is 3.49. The molecule has 0 saturated heterocycles. The second kappa shape index (κ2) is 8.92. The molecule has 0 spiro atoms. The summed E-state index contributed by atoms with van der Waals surface area (Å²) in [5.74, 6) is 0.967. The lowest BCUT2D eigenvalue weighted by atomic mass is 10.3. The van der Waals surface area contributed by atoms with Crippen LogP contribution in [-0.4, -0.2) is 30.9 Å². The average molecular weight is 444 g/mol. The Bertz CT molecular complexity index is 933. The Labute approximate surface area is 174 Å². The van der Waals surface area contributed by atoms with Gasteiger partial charge in [0.15, 0.2) is 16.1 Å². The standard InChI is InChI=1S/C16H15Cl2N5O2S2/c1-9(14(24)20-15-19-5-6-26-15)27-16-22-21-13(23(16)2)8-25-12-4-3-10(17)7-11(12)18/h3-7,9H,8H2,1-2H3,(H,19,20,24)/t9-/m1/s1. The number of thiazole rings is 1. The molecule has 0 aliphatic carbocycles. The Morgan fingerprint density at radius 3 is 2.93 bits per heavy atom. The highest BCUT2D eigenvalue weighted by Crippen LogP contribution is 2.28. The van der Waals surface area contributed by atoms with E-state index in [1.54, 1.807) is 41.3 Å². The number of hydrogen-bond acceptors (Lipinski definition) is 7. The molecular weight excluding hydrogens is 429 g/mol. The van der Waals surface area contributed by atoms with Crippen molar-refractivity contribution in [3.8, 4) is 5.75 Å². The fourth-order valence-electron chi connectivity index (χ4n) is 2.01. The number of thioether (sulfide) groups is 1. The van der Waals surface area contributed by atoms with Crippen LogP contribution in [0, 0.1) is 0 Å². The lowest BCUT2D eigenvalue weighted by Gasteiger charge is -2.11. The van der Waals surface area contributed by atoms with Crippen LogP contribution in [-0.2, 0) is 18.4 Å². The van der Waals surface area contributed by atoms with Gasteiger partial charge >= 0.3 is 0 Å². The molecule has 1 aromatic carbocycles. The van der Waals surface area contributed by atoms with E-state index in [2.05, 4.69) is 20.5 Å². The fourth-order valence-corrected chi connectivity index (χ4v) is 3.84. The van der Waals surface area contributed by atoms with Gasteiger partial charge in [-0.05, 0) is 25.1 Å². The molecule has 0 fully saturated rings. The van der Waals surface area contributed by atoms with E-state index < -0.39 is 0 Å². The number of carbonyl (C=O) groups excluding carboxylic acids is 1. The molecule has 7 nitrogen and oxygen atoms in total. The fraction of sp³-hybridized carbons (Fsp3) is 0.250. The van der Waals surface area contributed by atoms with Gasteiger partial charge in [0.2, 0.25) is 5.91 Å². The van der Waals surface area contributed by atoms with Gasteiger partial charge in [0, 0.05) is 23.6 Å². The zero-order chi connectivity index (χ0) is 19.4. The molecule has 3 rings (SSSR count). The van der Waals surface area contributed by atoms with Crippen LogP contribution in [0.1, 0.15) is 12.7 Å². The van der Waals surface area contributed by atoms with E-state index in [1.165, 1.54) is 23.1 Å². The number of amides is 1. The number of halogens is 2. The maximum Gasteiger partial charge on any atom is 0.239 e.